The Morgan fingerprint density at radius 3 is 2.00 bits per heavy atom. The number of benzene rings is 1. The van der Waals surface area contributed by atoms with Crippen molar-refractivity contribution in [3.63, 3.8) is 0 Å². The third-order valence-corrected chi connectivity index (χ3v) is 2.87. The molecule has 0 aromatic heterocycles. The summed E-state index contributed by atoms with van der Waals surface area (Å²) in [5.41, 5.74) is -0.0925. The number of hydrogen-bond acceptors (Lipinski definition) is 0. The standard InChI is InChI=1S/C11H12BrF3/c1-6(2)3-8(12)11-9(14)4-7(13)5-10(11)15/h4-6,8H,3H2,1-2H3. The van der Waals surface area contributed by atoms with Gasteiger partial charge in [-0.2, -0.15) is 0 Å². The quantitative estimate of drug-likeness (QED) is 0.711. The number of halogens is 4. The van der Waals surface area contributed by atoms with Gasteiger partial charge in [-0.25, -0.2) is 13.2 Å². The van der Waals surface area contributed by atoms with Crippen molar-refractivity contribution in [2.45, 2.75) is 25.1 Å². The zero-order valence-electron chi connectivity index (χ0n) is 8.53. The lowest BCUT2D eigenvalue weighted by molar-refractivity contribution is 0.502. The first-order chi connectivity index (χ1) is 6.91. The van der Waals surface area contributed by atoms with E-state index in [1.807, 2.05) is 13.8 Å². The molecule has 0 aliphatic heterocycles. The normalized spacial score (nSPS) is 13.3. The predicted octanol–water partition coefficient (Wildman–Crippen LogP) is 4.59. The van der Waals surface area contributed by atoms with Gasteiger partial charge in [0.25, 0.3) is 0 Å². The third-order valence-electron chi connectivity index (χ3n) is 2.04. The Hall–Kier alpha value is -0.510. The molecule has 0 aliphatic carbocycles. The molecule has 0 nitrogen and oxygen atoms in total. The minimum Gasteiger partial charge on any atom is -0.207 e. The highest BCUT2D eigenvalue weighted by Crippen LogP contribution is 2.33. The second kappa shape index (κ2) is 5.01. The summed E-state index contributed by atoms with van der Waals surface area (Å²) in [7, 11) is 0. The predicted molar refractivity (Wildman–Crippen MR) is 57.4 cm³/mol. The molecule has 0 saturated heterocycles. The maximum Gasteiger partial charge on any atom is 0.133 e. The van der Waals surface area contributed by atoms with E-state index in [0.717, 1.165) is 0 Å². The minimum atomic E-state index is -0.891. The zero-order valence-corrected chi connectivity index (χ0v) is 10.1. The highest BCUT2D eigenvalue weighted by Gasteiger charge is 2.19. The summed E-state index contributed by atoms with van der Waals surface area (Å²) in [5.74, 6) is -2.26. The molecule has 84 valence electrons. The maximum atomic E-state index is 13.3. The molecule has 0 radical (unpaired) electrons. The topological polar surface area (TPSA) is 0 Å². The van der Waals surface area contributed by atoms with Crippen LogP contribution < -0.4 is 0 Å². The largest absolute Gasteiger partial charge is 0.207 e. The van der Waals surface area contributed by atoms with Gasteiger partial charge in [-0.05, 0) is 12.3 Å². The molecule has 0 saturated carbocycles. The van der Waals surface area contributed by atoms with Gasteiger partial charge < -0.3 is 0 Å². The van der Waals surface area contributed by atoms with Crippen LogP contribution in [0.3, 0.4) is 0 Å². The van der Waals surface area contributed by atoms with Crippen LogP contribution in [0.15, 0.2) is 12.1 Å². The monoisotopic (exact) mass is 280 g/mol. The van der Waals surface area contributed by atoms with Crippen molar-refractivity contribution >= 4 is 15.9 Å². The summed E-state index contributed by atoms with van der Waals surface area (Å²) in [4.78, 5) is -0.418. The van der Waals surface area contributed by atoms with Crippen molar-refractivity contribution in [2.75, 3.05) is 0 Å². The molecule has 1 rings (SSSR count). The van der Waals surface area contributed by atoms with Crippen molar-refractivity contribution in [2.24, 2.45) is 5.92 Å². The molecule has 1 aromatic rings. The molecule has 0 spiro atoms. The van der Waals surface area contributed by atoms with Gasteiger partial charge in [-0.3, -0.25) is 0 Å². The molecule has 1 aromatic carbocycles. The second-order valence-corrected chi connectivity index (χ2v) is 4.99. The fourth-order valence-corrected chi connectivity index (χ4v) is 2.57. The maximum absolute atomic E-state index is 13.3. The van der Waals surface area contributed by atoms with Crippen molar-refractivity contribution in [3.05, 3.63) is 35.1 Å². The van der Waals surface area contributed by atoms with Gasteiger partial charge in [0.1, 0.15) is 17.5 Å². The van der Waals surface area contributed by atoms with Gasteiger partial charge in [0.05, 0.1) is 0 Å². The molecule has 15 heavy (non-hydrogen) atoms. The first-order valence-corrected chi connectivity index (χ1v) is 5.62. The number of rotatable bonds is 3. The van der Waals surface area contributed by atoms with Crippen LogP contribution in [0.5, 0.6) is 0 Å². The van der Waals surface area contributed by atoms with Gasteiger partial charge in [0.2, 0.25) is 0 Å². The molecule has 0 aliphatic rings. The lowest BCUT2D eigenvalue weighted by Gasteiger charge is -2.14. The Kier molecular flexibility index (Phi) is 4.20. The Morgan fingerprint density at radius 1 is 1.13 bits per heavy atom. The molecule has 0 fully saturated rings. The lowest BCUT2D eigenvalue weighted by Crippen LogP contribution is -2.03. The van der Waals surface area contributed by atoms with Gasteiger partial charge in [-0.15, -0.1) is 0 Å². The van der Waals surface area contributed by atoms with Gasteiger partial charge in [0, 0.05) is 22.5 Å². The molecule has 4 heteroatoms. The number of alkyl halides is 1. The third kappa shape index (κ3) is 3.23. The molecule has 1 atom stereocenters. The molecule has 0 amide bonds. The first kappa shape index (κ1) is 12.6. The van der Waals surface area contributed by atoms with E-state index in [4.69, 9.17) is 0 Å². The van der Waals surface area contributed by atoms with E-state index in [1.54, 1.807) is 0 Å². The highest BCUT2D eigenvalue weighted by atomic mass is 79.9. The SMILES string of the molecule is CC(C)CC(Br)c1c(F)cc(F)cc1F. The van der Waals surface area contributed by atoms with Crippen LogP contribution in [0, 0.1) is 23.4 Å². The van der Waals surface area contributed by atoms with Crippen LogP contribution >= 0.6 is 15.9 Å². The Bertz CT molecular complexity index is 327. The summed E-state index contributed by atoms with van der Waals surface area (Å²) in [6.07, 6.45) is 0.597. The Labute approximate surface area is 95.6 Å². The van der Waals surface area contributed by atoms with E-state index < -0.39 is 22.3 Å². The van der Waals surface area contributed by atoms with Crippen LogP contribution in [0.1, 0.15) is 30.7 Å². The van der Waals surface area contributed by atoms with Crippen molar-refractivity contribution in [1.29, 1.82) is 0 Å². The van der Waals surface area contributed by atoms with E-state index in [0.29, 0.717) is 24.5 Å². The van der Waals surface area contributed by atoms with Gasteiger partial charge >= 0.3 is 0 Å². The molecule has 1 unspecified atom stereocenters. The number of hydrogen-bond donors (Lipinski definition) is 0. The summed E-state index contributed by atoms with van der Waals surface area (Å²) >= 11 is 3.21. The van der Waals surface area contributed by atoms with Gasteiger partial charge in [0.15, 0.2) is 0 Å². The van der Waals surface area contributed by atoms with Crippen molar-refractivity contribution < 1.29 is 13.2 Å². The van der Waals surface area contributed by atoms with Crippen LogP contribution in [-0.4, -0.2) is 0 Å². The molecular formula is C11H12BrF3. The smallest absolute Gasteiger partial charge is 0.133 e. The molecule has 0 bridgehead atoms. The van der Waals surface area contributed by atoms with E-state index in [1.165, 1.54) is 0 Å². The average Bonchev–Trinajstić information content (AvgIpc) is 1.99. The Balaban J connectivity index is 3.03. The Morgan fingerprint density at radius 2 is 1.60 bits per heavy atom. The van der Waals surface area contributed by atoms with Crippen molar-refractivity contribution in [3.8, 4) is 0 Å². The fraction of sp³-hybridized carbons (Fsp3) is 0.455. The van der Waals surface area contributed by atoms with E-state index in [9.17, 15) is 13.2 Å². The van der Waals surface area contributed by atoms with E-state index >= 15 is 0 Å². The minimum absolute atomic E-state index is 0.0925. The van der Waals surface area contributed by atoms with Crippen molar-refractivity contribution in [1.82, 2.24) is 0 Å². The van der Waals surface area contributed by atoms with Crippen LogP contribution in [0.25, 0.3) is 0 Å². The van der Waals surface area contributed by atoms with E-state index in [-0.39, 0.29) is 5.56 Å². The molecule has 0 N–H and O–H groups in total. The summed E-state index contributed by atoms with van der Waals surface area (Å²) in [6, 6.07) is 1.40. The van der Waals surface area contributed by atoms with Crippen LogP contribution in [0.2, 0.25) is 0 Å². The van der Waals surface area contributed by atoms with Gasteiger partial charge in [-0.1, -0.05) is 29.8 Å². The average molecular weight is 281 g/mol. The van der Waals surface area contributed by atoms with Crippen LogP contribution in [-0.2, 0) is 0 Å². The zero-order chi connectivity index (χ0) is 11.6. The van der Waals surface area contributed by atoms with E-state index in [2.05, 4.69) is 15.9 Å². The first-order valence-electron chi connectivity index (χ1n) is 4.70. The summed E-state index contributed by atoms with van der Waals surface area (Å²) in [5, 5.41) is 0. The lowest BCUT2D eigenvalue weighted by atomic mass is 10.0. The molecular weight excluding hydrogens is 269 g/mol. The summed E-state index contributed by atoms with van der Waals surface area (Å²) in [6.45, 7) is 3.90. The fourth-order valence-electron chi connectivity index (χ4n) is 1.38. The summed E-state index contributed by atoms with van der Waals surface area (Å²) < 4.78 is 39.2. The van der Waals surface area contributed by atoms with Crippen LogP contribution in [0.4, 0.5) is 13.2 Å². The molecule has 0 heterocycles. The highest BCUT2D eigenvalue weighted by molar-refractivity contribution is 9.09. The second-order valence-electron chi connectivity index (χ2n) is 3.88.